The fraction of sp³-hybridized carbons (Fsp3) is 0.333. The molecule has 0 saturated carbocycles. The van der Waals surface area contributed by atoms with Crippen molar-refractivity contribution in [1.82, 2.24) is 0 Å². The quantitative estimate of drug-likeness (QED) is 0.215. The van der Waals surface area contributed by atoms with Crippen LogP contribution in [0.5, 0.6) is 0 Å². The van der Waals surface area contributed by atoms with E-state index in [4.69, 9.17) is 17.0 Å². The third kappa shape index (κ3) is 4.42. The van der Waals surface area contributed by atoms with Crippen LogP contribution in [-0.2, 0) is 27.9 Å². The Balaban J connectivity index is 2.04. The molecule has 0 fully saturated rings. The van der Waals surface area contributed by atoms with Gasteiger partial charge in [-0.25, -0.2) is 0 Å². The summed E-state index contributed by atoms with van der Waals surface area (Å²) in [5.41, 5.74) is 1.83. The molecular weight excluding hydrogens is 752 g/mol. The van der Waals surface area contributed by atoms with E-state index in [2.05, 4.69) is 31.9 Å². The molecule has 0 N–H and O–H groups in total. The molecule has 0 nitrogen and oxygen atoms in total. The molecule has 2 aromatic rings. The summed E-state index contributed by atoms with van der Waals surface area (Å²) < 4.78 is 81.9. The number of halogens is 10. The monoisotopic (exact) mass is 769 g/mol. The van der Waals surface area contributed by atoms with E-state index in [-0.39, 0.29) is 8.95 Å². The molecule has 2 unspecified atom stereocenters. The number of hydrogen-bond acceptors (Lipinski definition) is 0. The van der Waals surface area contributed by atoms with Crippen LogP contribution in [-0.4, -0.2) is 5.92 Å². The van der Waals surface area contributed by atoms with Crippen LogP contribution < -0.4 is 0 Å². The van der Waals surface area contributed by atoms with Crippen molar-refractivity contribution in [1.29, 1.82) is 0 Å². The first kappa shape index (κ1) is 29.1. The van der Waals surface area contributed by atoms with Gasteiger partial charge in [0.15, 0.2) is 0 Å². The van der Waals surface area contributed by atoms with Crippen molar-refractivity contribution in [3.8, 4) is 0 Å². The van der Waals surface area contributed by atoms with E-state index in [9.17, 15) is 26.3 Å². The van der Waals surface area contributed by atoms with Gasteiger partial charge >= 0.3 is 233 Å². The molecule has 0 spiro atoms. The third-order valence-corrected chi connectivity index (χ3v) is 61.0. The molecule has 36 heavy (non-hydrogen) atoms. The van der Waals surface area contributed by atoms with Gasteiger partial charge in [0.2, 0.25) is 0 Å². The van der Waals surface area contributed by atoms with Crippen LogP contribution >= 0.6 is 48.9 Å². The molecule has 195 valence electrons. The molecule has 0 aliphatic heterocycles. The maximum atomic E-state index is 13.8. The molecule has 4 rings (SSSR count). The van der Waals surface area contributed by atoms with Crippen LogP contribution in [0.1, 0.15) is 54.5 Å². The van der Waals surface area contributed by atoms with E-state index in [1.165, 1.54) is 0 Å². The van der Waals surface area contributed by atoms with E-state index in [1.807, 2.05) is 13.1 Å². The first-order valence-corrected chi connectivity index (χ1v) is 28.9. The van der Waals surface area contributed by atoms with E-state index in [0.29, 0.717) is 22.3 Å². The van der Waals surface area contributed by atoms with Crippen molar-refractivity contribution in [2.24, 2.45) is 0 Å². The number of alkyl halides is 6. The fourth-order valence-electron chi connectivity index (χ4n) is 5.80. The summed E-state index contributed by atoms with van der Waals surface area (Å²) in [5.74, 6) is -2.10. The summed E-state index contributed by atoms with van der Waals surface area (Å²) in [5, 5.41) is 0. The van der Waals surface area contributed by atoms with Crippen molar-refractivity contribution in [2.75, 3.05) is 0 Å². The average Bonchev–Trinajstić information content (AvgIpc) is 3.24. The molecule has 0 aromatic heterocycles. The summed E-state index contributed by atoms with van der Waals surface area (Å²) in [6.07, 6.45) is -5.56. The molecular formula is C24H21Br2Cl2F6SiZr. The second kappa shape index (κ2) is 9.09. The van der Waals surface area contributed by atoms with E-state index in [0.717, 1.165) is 35.4 Å². The van der Waals surface area contributed by atoms with Crippen LogP contribution in [0, 0.1) is 0 Å². The van der Waals surface area contributed by atoms with Crippen LogP contribution in [0.4, 0.5) is 26.3 Å². The summed E-state index contributed by atoms with van der Waals surface area (Å²) >= 11 is 1.21. The van der Waals surface area contributed by atoms with E-state index >= 15 is 0 Å². The number of fused-ring (bicyclic) bond motifs is 2. The predicted octanol–water partition coefficient (Wildman–Crippen LogP) is 10.8. The molecule has 0 heterocycles. The summed E-state index contributed by atoms with van der Waals surface area (Å²) in [4.78, 5) is 0. The number of benzene rings is 2. The molecule has 2 aliphatic rings. The molecule has 0 amide bonds. The van der Waals surface area contributed by atoms with Crippen molar-refractivity contribution >= 4 is 67.0 Å². The van der Waals surface area contributed by atoms with Crippen molar-refractivity contribution < 1.29 is 41.9 Å². The number of allylic oxidation sites excluding steroid dienone is 2. The zero-order valence-corrected chi connectivity index (χ0v) is 27.8. The van der Waals surface area contributed by atoms with Gasteiger partial charge in [-0.15, -0.1) is 0 Å². The van der Waals surface area contributed by atoms with E-state index in [1.54, 1.807) is 26.0 Å². The van der Waals surface area contributed by atoms with Crippen molar-refractivity contribution in [3.63, 3.8) is 0 Å². The van der Waals surface area contributed by atoms with Gasteiger partial charge < -0.3 is 0 Å². The Bertz CT molecular complexity index is 1250. The van der Waals surface area contributed by atoms with Crippen LogP contribution in [0.15, 0.2) is 44.4 Å². The number of hydrogen-bond donors (Lipinski definition) is 0. The van der Waals surface area contributed by atoms with Crippen molar-refractivity contribution in [3.05, 3.63) is 77.7 Å². The Hall–Kier alpha value is 0.140. The van der Waals surface area contributed by atoms with Gasteiger partial charge in [-0.2, -0.15) is 0 Å². The van der Waals surface area contributed by atoms with Crippen molar-refractivity contribution in [2.45, 2.75) is 46.5 Å². The Morgan fingerprint density at radius 1 is 0.722 bits per heavy atom. The summed E-state index contributed by atoms with van der Waals surface area (Å²) in [7, 11) is 15.6. The van der Waals surface area contributed by atoms with Gasteiger partial charge in [-0.05, 0) is 0 Å². The standard InChI is InChI=1S/2C11H7BrF3.C2H7Si.2ClH.Zr/c2*1-6-2-7-4-8(11(13,14)15)5-10(12)9(7)3-6;1-3-2;;;/h2*2-5H,1H3;3H,1-2H3;2*1H;/q;;;;;+2/p-2. The molecule has 0 bridgehead atoms. The van der Waals surface area contributed by atoms with Crippen LogP contribution in [0.3, 0.4) is 0 Å². The van der Waals surface area contributed by atoms with E-state index < -0.39 is 52.2 Å². The Labute approximate surface area is 231 Å². The van der Waals surface area contributed by atoms with Gasteiger partial charge in [0, 0.05) is 0 Å². The molecule has 12 heteroatoms. The van der Waals surface area contributed by atoms with Crippen LogP contribution in [0.25, 0.3) is 12.2 Å². The second-order valence-corrected chi connectivity index (χ2v) is 54.2. The van der Waals surface area contributed by atoms with Gasteiger partial charge in [0.25, 0.3) is 0 Å². The summed E-state index contributed by atoms with van der Waals surface area (Å²) in [6, 6.07) is 4.30. The van der Waals surface area contributed by atoms with Gasteiger partial charge in [-0.3, -0.25) is 0 Å². The topological polar surface area (TPSA) is 0 Å². The third-order valence-electron chi connectivity index (χ3n) is 7.46. The Kier molecular flexibility index (Phi) is 7.35. The average molecular weight is 773 g/mol. The predicted molar refractivity (Wildman–Crippen MR) is 142 cm³/mol. The zero-order chi connectivity index (χ0) is 27.2. The SMILES string of the molecule is CC1=Cc2c(Br)cc(C(F)(F)F)cc2[CH]1[Zr]([Cl])([Cl])([CH]1C(C)=Cc2c(Br)cc(C(F)(F)F)cc21)[SiH](C)C. The first-order chi connectivity index (χ1) is 16.3. The molecule has 0 saturated heterocycles. The zero-order valence-electron chi connectivity index (χ0n) is 19.5. The summed E-state index contributed by atoms with van der Waals surface area (Å²) in [6.45, 7) is 7.53. The van der Waals surface area contributed by atoms with Gasteiger partial charge in [-0.1, -0.05) is 0 Å². The minimum atomic E-state index is -5.37. The van der Waals surface area contributed by atoms with Gasteiger partial charge in [0.05, 0.1) is 0 Å². The van der Waals surface area contributed by atoms with Gasteiger partial charge in [0.1, 0.15) is 0 Å². The molecule has 0 radical (unpaired) electrons. The first-order valence-electron chi connectivity index (χ1n) is 11.0. The Morgan fingerprint density at radius 2 is 1.06 bits per heavy atom. The Morgan fingerprint density at radius 3 is 1.33 bits per heavy atom. The molecule has 2 aromatic carbocycles. The number of rotatable bonds is 3. The maximum absolute atomic E-state index is 13.8. The molecule has 2 atom stereocenters. The fourth-order valence-corrected chi connectivity index (χ4v) is 39.8. The minimum absolute atomic E-state index is 0.284. The second-order valence-electron chi connectivity index (χ2n) is 9.94. The van der Waals surface area contributed by atoms with Crippen LogP contribution in [0.2, 0.25) is 13.1 Å². The normalized spacial score (nSPS) is 21.1. The molecule has 2 aliphatic carbocycles.